The van der Waals surface area contributed by atoms with E-state index >= 15 is 0 Å². The molecule has 0 bridgehead atoms. The minimum Gasteiger partial charge on any atom is -0.352 e. The molecule has 0 unspecified atom stereocenters. The first kappa shape index (κ1) is 18.1. The molecule has 24 heavy (non-hydrogen) atoms. The second-order valence-corrected chi connectivity index (χ2v) is 6.37. The van der Waals surface area contributed by atoms with Crippen molar-refractivity contribution in [1.29, 1.82) is 0 Å². The van der Waals surface area contributed by atoms with Crippen LogP contribution in [0.3, 0.4) is 0 Å². The minimum atomic E-state index is -0.455. The summed E-state index contributed by atoms with van der Waals surface area (Å²) in [7, 11) is 0. The molecule has 128 valence electrons. The number of halogens is 1. The van der Waals surface area contributed by atoms with E-state index in [0.717, 1.165) is 22.3 Å². The summed E-state index contributed by atoms with van der Waals surface area (Å²) in [6.07, 6.45) is 0.742. The van der Waals surface area contributed by atoms with Gasteiger partial charge in [-0.1, -0.05) is 0 Å². The van der Waals surface area contributed by atoms with E-state index in [1.807, 2.05) is 18.5 Å². The molecule has 0 aliphatic heterocycles. The van der Waals surface area contributed by atoms with Crippen molar-refractivity contribution in [2.45, 2.75) is 33.7 Å². The number of carbonyl (C=O) groups excluding carboxylic acids is 1. The van der Waals surface area contributed by atoms with Crippen LogP contribution in [-0.4, -0.2) is 27.2 Å². The number of amides is 1. The molecule has 1 heterocycles. The first-order valence-electron chi connectivity index (χ1n) is 7.54. The van der Waals surface area contributed by atoms with Gasteiger partial charge in [0.1, 0.15) is 0 Å². The summed E-state index contributed by atoms with van der Waals surface area (Å²) in [4.78, 5) is 22.4. The third kappa shape index (κ3) is 4.00. The van der Waals surface area contributed by atoms with Crippen molar-refractivity contribution in [2.24, 2.45) is 0 Å². The molecule has 2 aromatic rings. The number of aromatic nitrogens is 2. The Kier molecular flexibility index (Phi) is 5.71. The molecule has 0 aliphatic rings. The van der Waals surface area contributed by atoms with Gasteiger partial charge in [0.05, 0.1) is 15.1 Å². The summed E-state index contributed by atoms with van der Waals surface area (Å²) in [5, 5.41) is 18.0. The number of hydrogen-bond acceptors (Lipinski definition) is 4. The Hall–Kier alpha value is -2.22. The smallest absolute Gasteiger partial charge is 0.272 e. The Balaban J connectivity index is 1.88. The molecule has 0 saturated heterocycles. The Bertz CT molecular complexity index is 786. The number of rotatable bonds is 6. The molecule has 0 radical (unpaired) electrons. The quantitative estimate of drug-likeness (QED) is 0.462. The lowest BCUT2D eigenvalue weighted by Gasteiger charge is -2.07. The largest absolute Gasteiger partial charge is 0.352 e. The number of carbonyl (C=O) groups is 1. The van der Waals surface area contributed by atoms with Gasteiger partial charge in [0.25, 0.3) is 11.6 Å². The van der Waals surface area contributed by atoms with Gasteiger partial charge >= 0.3 is 0 Å². The number of nitro groups is 1. The van der Waals surface area contributed by atoms with Crippen LogP contribution in [0.25, 0.3) is 0 Å². The second-order valence-electron chi connectivity index (χ2n) is 5.58. The topological polar surface area (TPSA) is 90.1 Å². The van der Waals surface area contributed by atoms with Gasteiger partial charge in [0.2, 0.25) is 0 Å². The van der Waals surface area contributed by atoms with Crippen LogP contribution in [0.5, 0.6) is 0 Å². The molecule has 8 heteroatoms. The molecule has 7 nitrogen and oxygen atoms in total. The van der Waals surface area contributed by atoms with E-state index in [-0.39, 0.29) is 11.6 Å². The van der Waals surface area contributed by atoms with Gasteiger partial charge in [0.15, 0.2) is 0 Å². The van der Waals surface area contributed by atoms with Crippen molar-refractivity contribution >= 4 is 27.5 Å². The van der Waals surface area contributed by atoms with Crippen molar-refractivity contribution in [2.75, 3.05) is 6.54 Å². The van der Waals surface area contributed by atoms with Gasteiger partial charge in [-0.15, -0.1) is 0 Å². The molecule has 1 N–H and O–H groups in total. The van der Waals surface area contributed by atoms with Crippen molar-refractivity contribution in [3.63, 3.8) is 0 Å². The lowest BCUT2D eigenvalue weighted by Crippen LogP contribution is -2.25. The van der Waals surface area contributed by atoms with E-state index in [9.17, 15) is 14.9 Å². The van der Waals surface area contributed by atoms with Crippen LogP contribution < -0.4 is 5.32 Å². The van der Waals surface area contributed by atoms with Gasteiger partial charge in [-0.3, -0.25) is 19.6 Å². The maximum absolute atomic E-state index is 12.1. The number of aryl methyl sites for hydroxylation is 3. The Morgan fingerprint density at radius 3 is 2.62 bits per heavy atom. The fourth-order valence-electron chi connectivity index (χ4n) is 2.43. The second kappa shape index (κ2) is 7.57. The first-order valence-corrected chi connectivity index (χ1v) is 8.33. The van der Waals surface area contributed by atoms with Crippen LogP contribution in [0.1, 0.15) is 33.7 Å². The molecule has 1 aromatic carbocycles. The number of hydrogen-bond donors (Lipinski definition) is 1. The van der Waals surface area contributed by atoms with Crippen molar-refractivity contribution in [3.8, 4) is 0 Å². The molecular weight excluding hydrogens is 376 g/mol. The molecule has 2 rings (SSSR count). The summed E-state index contributed by atoms with van der Waals surface area (Å²) >= 11 is 3.48. The van der Waals surface area contributed by atoms with E-state index in [2.05, 4.69) is 26.3 Å². The molecule has 0 spiro atoms. The minimum absolute atomic E-state index is 0.0154. The Morgan fingerprint density at radius 1 is 1.38 bits per heavy atom. The van der Waals surface area contributed by atoms with E-state index in [1.54, 1.807) is 6.92 Å². The highest BCUT2D eigenvalue weighted by Crippen LogP contribution is 2.20. The highest BCUT2D eigenvalue weighted by atomic mass is 79.9. The van der Waals surface area contributed by atoms with Gasteiger partial charge in [-0.25, -0.2) is 0 Å². The Labute approximate surface area is 148 Å². The maximum Gasteiger partial charge on any atom is 0.272 e. The molecule has 0 aliphatic carbocycles. The monoisotopic (exact) mass is 394 g/mol. The highest BCUT2D eigenvalue weighted by molar-refractivity contribution is 9.10. The summed E-state index contributed by atoms with van der Waals surface area (Å²) in [5.41, 5.74) is 2.91. The van der Waals surface area contributed by atoms with Crippen molar-refractivity contribution < 1.29 is 9.72 Å². The molecule has 0 saturated carbocycles. The molecule has 0 fully saturated rings. The lowest BCUT2D eigenvalue weighted by molar-refractivity contribution is -0.385. The average Bonchev–Trinajstić information content (AvgIpc) is 2.78. The molecule has 1 amide bonds. The van der Waals surface area contributed by atoms with Gasteiger partial charge in [-0.05, 0) is 55.3 Å². The average molecular weight is 395 g/mol. The number of nitrogens with zero attached hydrogens (tertiary/aromatic N) is 3. The summed E-state index contributed by atoms with van der Waals surface area (Å²) < 4.78 is 2.91. The van der Waals surface area contributed by atoms with Crippen LogP contribution >= 0.6 is 15.9 Å². The predicted octanol–water partition coefficient (Wildman–Crippen LogP) is 3.30. The Morgan fingerprint density at radius 2 is 2.08 bits per heavy atom. The van der Waals surface area contributed by atoms with Gasteiger partial charge < -0.3 is 5.32 Å². The molecule has 1 aromatic heterocycles. The number of nitro benzene ring substituents is 1. The van der Waals surface area contributed by atoms with Crippen LogP contribution in [0.15, 0.2) is 22.7 Å². The number of benzene rings is 1. The zero-order valence-electron chi connectivity index (χ0n) is 13.8. The zero-order chi connectivity index (χ0) is 17.9. The molecule has 0 atom stereocenters. The van der Waals surface area contributed by atoms with Crippen LogP contribution in [0.2, 0.25) is 0 Å². The van der Waals surface area contributed by atoms with Gasteiger partial charge in [-0.2, -0.15) is 5.10 Å². The summed E-state index contributed by atoms with van der Waals surface area (Å²) in [5.74, 6) is -0.234. The lowest BCUT2D eigenvalue weighted by atomic mass is 10.1. The number of nitrogens with one attached hydrogen (secondary N) is 1. The first-order chi connectivity index (χ1) is 11.3. The van der Waals surface area contributed by atoms with E-state index < -0.39 is 4.92 Å². The van der Waals surface area contributed by atoms with E-state index in [1.165, 1.54) is 18.2 Å². The van der Waals surface area contributed by atoms with Crippen LogP contribution in [0, 0.1) is 30.9 Å². The fourth-order valence-corrected chi connectivity index (χ4v) is 2.71. The van der Waals surface area contributed by atoms with Crippen molar-refractivity contribution in [3.05, 3.63) is 55.3 Å². The predicted molar refractivity (Wildman–Crippen MR) is 94.2 cm³/mol. The van der Waals surface area contributed by atoms with Gasteiger partial charge in [0, 0.05) is 36.0 Å². The third-order valence-electron chi connectivity index (χ3n) is 3.78. The highest BCUT2D eigenvalue weighted by Gasteiger charge is 2.13. The fraction of sp³-hybridized carbons (Fsp3) is 0.375. The SMILES string of the molecule is Cc1cc(C(=O)NCCCn2nc(C)c(Br)c2C)ccc1[N+](=O)[O-]. The van der Waals surface area contributed by atoms with E-state index in [0.29, 0.717) is 24.2 Å². The zero-order valence-corrected chi connectivity index (χ0v) is 15.4. The van der Waals surface area contributed by atoms with Crippen molar-refractivity contribution in [1.82, 2.24) is 15.1 Å². The normalized spacial score (nSPS) is 10.7. The summed E-state index contributed by atoms with van der Waals surface area (Å²) in [6, 6.07) is 4.36. The maximum atomic E-state index is 12.1. The molecular formula is C16H19BrN4O3. The standard InChI is InChI=1S/C16H19BrN4O3/c1-10-9-13(5-6-14(10)21(23)24)16(22)18-7-4-8-20-12(3)15(17)11(2)19-20/h5-6,9H,4,7-8H2,1-3H3,(H,18,22). The van der Waals surface area contributed by atoms with Crippen LogP contribution in [-0.2, 0) is 6.54 Å². The summed E-state index contributed by atoms with van der Waals surface area (Å²) in [6.45, 7) is 6.76. The van der Waals surface area contributed by atoms with E-state index in [4.69, 9.17) is 0 Å². The van der Waals surface area contributed by atoms with Crippen LogP contribution in [0.4, 0.5) is 5.69 Å². The third-order valence-corrected chi connectivity index (χ3v) is 4.93.